The van der Waals surface area contributed by atoms with Crippen LogP contribution in [0.4, 0.5) is 0 Å². The molecule has 17 heavy (non-hydrogen) atoms. The number of rotatable bonds is 2. The van der Waals surface area contributed by atoms with Crippen LogP contribution >= 0.6 is 0 Å². The predicted molar refractivity (Wildman–Crippen MR) is 70.6 cm³/mol. The molecule has 1 fully saturated rings. The van der Waals surface area contributed by atoms with E-state index in [0.29, 0.717) is 5.92 Å². The van der Waals surface area contributed by atoms with E-state index < -0.39 is 0 Å². The average Bonchev–Trinajstić information content (AvgIpc) is 2.30. The molecule has 0 saturated carbocycles. The van der Waals surface area contributed by atoms with E-state index in [1.54, 1.807) is 7.11 Å². The van der Waals surface area contributed by atoms with Crippen LogP contribution in [-0.4, -0.2) is 50.1 Å². The van der Waals surface area contributed by atoms with Gasteiger partial charge in [-0.1, -0.05) is 6.92 Å². The normalized spacial score (nSPS) is 27.2. The standard InChI is InChI=1S/C14H24N2O/c1-11-9-12(2)14(13(10-11)17-4)16-7-5-15(3)6-8-16/h10-11H,5-9H2,1-4H3. The van der Waals surface area contributed by atoms with Crippen LogP contribution in [0.2, 0.25) is 0 Å². The molecule has 3 nitrogen and oxygen atoms in total. The fourth-order valence-electron chi connectivity index (χ4n) is 2.81. The van der Waals surface area contributed by atoms with Crippen molar-refractivity contribution in [1.82, 2.24) is 9.80 Å². The van der Waals surface area contributed by atoms with E-state index in [2.05, 4.69) is 36.8 Å². The SMILES string of the molecule is COC1=CC(C)CC(C)=C1N1CCN(C)CC1. The third kappa shape index (κ3) is 2.65. The molecular weight excluding hydrogens is 212 g/mol. The van der Waals surface area contributed by atoms with Crippen molar-refractivity contribution in [3.05, 3.63) is 23.1 Å². The number of ether oxygens (including phenoxy) is 1. The lowest BCUT2D eigenvalue weighted by atomic mass is 9.93. The zero-order chi connectivity index (χ0) is 12.4. The van der Waals surface area contributed by atoms with Gasteiger partial charge in [0.15, 0.2) is 0 Å². The average molecular weight is 236 g/mol. The molecule has 1 unspecified atom stereocenters. The first-order valence-electron chi connectivity index (χ1n) is 6.51. The molecule has 1 aliphatic heterocycles. The van der Waals surface area contributed by atoms with Crippen molar-refractivity contribution < 1.29 is 4.74 Å². The molecule has 1 atom stereocenters. The molecule has 0 N–H and O–H groups in total. The van der Waals surface area contributed by atoms with E-state index in [1.165, 1.54) is 11.3 Å². The van der Waals surface area contributed by atoms with Gasteiger partial charge in [-0.25, -0.2) is 0 Å². The van der Waals surface area contributed by atoms with Crippen molar-refractivity contribution in [3.63, 3.8) is 0 Å². The minimum absolute atomic E-state index is 0.598. The molecule has 2 aliphatic rings. The molecule has 0 aromatic carbocycles. The van der Waals surface area contributed by atoms with Crippen molar-refractivity contribution in [1.29, 1.82) is 0 Å². The molecular formula is C14H24N2O. The molecule has 1 saturated heterocycles. The van der Waals surface area contributed by atoms with Gasteiger partial charge in [-0.2, -0.15) is 0 Å². The molecule has 3 heteroatoms. The monoisotopic (exact) mass is 236 g/mol. The molecule has 1 aliphatic carbocycles. The first kappa shape index (κ1) is 12.5. The van der Waals surface area contributed by atoms with Gasteiger partial charge in [-0.05, 0) is 38.0 Å². The van der Waals surface area contributed by atoms with Crippen molar-refractivity contribution in [2.75, 3.05) is 40.3 Å². The second-order valence-electron chi connectivity index (χ2n) is 5.34. The number of methoxy groups -OCH3 is 1. The highest BCUT2D eigenvalue weighted by Gasteiger charge is 2.25. The summed E-state index contributed by atoms with van der Waals surface area (Å²) in [5.74, 6) is 1.67. The molecule has 0 amide bonds. The van der Waals surface area contributed by atoms with E-state index in [9.17, 15) is 0 Å². The van der Waals surface area contributed by atoms with Crippen molar-refractivity contribution in [2.24, 2.45) is 5.92 Å². The van der Waals surface area contributed by atoms with Crippen LogP contribution in [0.5, 0.6) is 0 Å². The molecule has 0 spiro atoms. The number of hydrogen-bond donors (Lipinski definition) is 0. The minimum atomic E-state index is 0.598. The number of allylic oxidation sites excluding steroid dienone is 2. The van der Waals surface area contributed by atoms with Gasteiger partial charge in [0, 0.05) is 26.2 Å². The summed E-state index contributed by atoms with van der Waals surface area (Å²) in [6, 6.07) is 0. The third-order valence-corrected chi connectivity index (χ3v) is 3.74. The Labute approximate surface area is 105 Å². The zero-order valence-corrected chi connectivity index (χ0v) is 11.5. The van der Waals surface area contributed by atoms with Gasteiger partial charge in [0.2, 0.25) is 0 Å². The van der Waals surface area contributed by atoms with E-state index >= 15 is 0 Å². The van der Waals surface area contributed by atoms with Crippen LogP contribution in [0, 0.1) is 5.92 Å². The molecule has 2 rings (SSSR count). The lowest BCUT2D eigenvalue weighted by Gasteiger charge is -2.38. The Morgan fingerprint density at radius 3 is 2.47 bits per heavy atom. The Balaban J connectivity index is 2.18. The number of likely N-dealkylation sites (N-methyl/N-ethyl adjacent to an activating group) is 1. The molecule has 0 aromatic rings. The highest BCUT2D eigenvalue weighted by molar-refractivity contribution is 5.34. The summed E-state index contributed by atoms with van der Waals surface area (Å²) in [5.41, 5.74) is 2.82. The Bertz CT molecular complexity index is 338. The van der Waals surface area contributed by atoms with Crippen LogP contribution in [0.1, 0.15) is 20.3 Å². The fraction of sp³-hybridized carbons (Fsp3) is 0.714. The Hall–Kier alpha value is -0.960. The van der Waals surface area contributed by atoms with Gasteiger partial charge in [0.1, 0.15) is 5.76 Å². The summed E-state index contributed by atoms with van der Waals surface area (Å²) in [4.78, 5) is 4.87. The quantitative estimate of drug-likeness (QED) is 0.730. The highest BCUT2D eigenvalue weighted by atomic mass is 16.5. The molecule has 0 aromatic heterocycles. The summed E-state index contributed by atoms with van der Waals surface area (Å²) < 4.78 is 5.57. The largest absolute Gasteiger partial charge is 0.495 e. The summed E-state index contributed by atoms with van der Waals surface area (Å²) in [5, 5.41) is 0. The maximum Gasteiger partial charge on any atom is 0.138 e. The maximum absolute atomic E-state index is 5.57. The van der Waals surface area contributed by atoms with E-state index in [1.807, 2.05) is 0 Å². The predicted octanol–water partition coefficient (Wildman–Crippen LogP) is 2.08. The van der Waals surface area contributed by atoms with Crippen molar-refractivity contribution >= 4 is 0 Å². The van der Waals surface area contributed by atoms with Crippen LogP contribution in [0.15, 0.2) is 23.1 Å². The Morgan fingerprint density at radius 2 is 1.88 bits per heavy atom. The van der Waals surface area contributed by atoms with Gasteiger partial charge in [-0.3, -0.25) is 0 Å². The molecule has 0 bridgehead atoms. The van der Waals surface area contributed by atoms with Crippen molar-refractivity contribution in [3.8, 4) is 0 Å². The van der Waals surface area contributed by atoms with E-state index in [4.69, 9.17) is 4.74 Å². The topological polar surface area (TPSA) is 15.7 Å². The summed E-state index contributed by atoms with van der Waals surface area (Å²) >= 11 is 0. The van der Waals surface area contributed by atoms with Gasteiger partial charge in [0.05, 0.1) is 12.8 Å². The van der Waals surface area contributed by atoms with Gasteiger partial charge >= 0.3 is 0 Å². The minimum Gasteiger partial charge on any atom is -0.495 e. The lowest BCUT2D eigenvalue weighted by Crippen LogP contribution is -2.44. The highest BCUT2D eigenvalue weighted by Crippen LogP contribution is 2.31. The smallest absolute Gasteiger partial charge is 0.138 e. The number of hydrogen-bond acceptors (Lipinski definition) is 3. The fourth-order valence-corrected chi connectivity index (χ4v) is 2.81. The first-order valence-corrected chi connectivity index (χ1v) is 6.51. The van der Waals surface area contributed by atoms with Crippen molar-refractivity contribution in [2.45, 2.75) is 20.3 Å². The second kappa shape index (κ2) is 5.13. The molecule has 96 valence electrons. The number of piperazine rings is 1. The molecule has 0 radical (unpaired) electrons. The second-order valence-corrected chi connectivity index (χ2v) is 5.34. The molecule has 1 heterocycles. The van der Waals surface area contributed by atoms with E-state index in [0.717, 1.165) is 38.4 Å². The lowest BCUT2D eigenvalue weighted by molar-refractivity contribution is 0.168. The van der Waals surface area contributed by atoms with Crippen LogP contribution < -0.4 is 0 Å². The Kier molecular flexibility index (Phi) is 3.77. The van der Waals surface area contributed by atoms with Gasteiger partial charge in [0.25, 0.3) is 0 Å². The Morgan fingerprint density at radius 1 is 1.24 bits per heavy atom. The summed E-state index contributed by atoms with van der Waals surface area (Å²) in [6.07, 6.45) is 3.43. The number of nitrogens with zero attached hydrogens (tertiary/aromatic N) is 2. The summed E-state index contributed by atoms with van der Waals surface area (Å²) in [6.45, 7) is 9.00. The van der Waals surface area contributed by atoms with Crippen LogP contribution in [0.3, 0.4) is 0 Å². The van der Waals surface area contributed by atoms with E-state index in [-0.39, 0.29) is 0 Å². The maximum atomic E-state index is 5.57. The van der Waals surface area contributed by atoms with Gasteiger partial charge in [-0.15, -0.1) is 0 Å². The first-order chi connectivity index (χ1) is 8.11. The van der Waals surface area contributed by atoms with Gasteiger partial charge < -0.3 is 14.5 Å². The van der Waals surface area contributed by atoms with Crippen LogP contribution in [0.25, 0.3) is 0 Å². The zero-order valence-electron chi connectivity index (χ0n) is 11.5. The van der Waals surface area contributed by atoms with Crippen LogP contribution in [-0.2, 0) is 4.74 Å². The summed E-state index contributed by atoms with van der Waals surface area (Å²) in [7, 11) is 3.97. The third-order valence-electron chi connectivity index (χ3n) is 3.74.